The van der Waals surface area contributed by atoms with E-state index in [4.69, 9.17) is 14.2 Å². The SMILES string of the molecule is CCOc1ccc2nc(NC(=O)[C@@H]3CC(=O)N(c4ccc5c(c4)OCCO5)C3)sc2c1. The topological polar surface area (TPSA) is 90.0 Å². The highest BCUT2D eigenvalue weighted by atomic mass is 32.1. The molecule has 9 heteroatoms. The van der Waals surface area contributed by atoms with Crippen LogP contribution in [0.4, 0.5) is 10.8 Å². The van der Waals surface area contributed by atoms with Crippen LogP contribution in [-0.4, -0.2) is 43.2 Å². The molecule has 3 aromatic rings. The quantitative estimate of drug-likeness (QED) is 0.655. The van der Waals surface area contributed by atoms with Crippen molar-refractivity contribution in [1.29, 1.82) is 0 Å². The second-order valence-corrected chi connectivity index (χ2v) is 8.33. The molecule has 1 saturated heterocycles. The Morgan fingerprint density at radius 1 is 1.23 bits per heavy atom. The van der Waals surface area contributed by atoms with Crippen LogP contribution in [0.1, 0.15) is 13.3 Å². The van der Waals surface area contributed by atoms with Gasteiger partial charge in [0.15, 0.2) is 16.6 Å². The number of hydrogen-bond acceptors (Lipinski definition) is 7. The van der Waals surface area contributed by atoms with E-state index in [0.717, 1.165) is 16.0 Å². The van der Waals surface area contributed by atoms with Crippen LogP contribution in [-0.2, 0) is 9.59 Å². The van der Waals surface area contributed by atoms with Gasteiger partial charge in [0.2, 0.25) is 11.8 Å². The number of nitrogens with zero attached hydrogens (tertiary/aromatic N) is 2. The minimum absolute atomic E-state index is 0.0949. The second-order valence-electron chi connectivity index (χ2n) is 7.30. The predicted octanol–water partition coefficient (Wildman–Crippen LogP) is 3.46. The standard InChI is InChI=1S/C22H21N3O5S/c1-2-28-15-4-5-16-19(11-15)31-22(23-16)24-21(27)13-9-20(26)25(12-13)14-3-6-17-18(10-14)30-8-7-29-17/h3-6,10-11,13H,2,7-9,12H2,1H3,(H,23,24,27)/t13-/m1/s1. The summed E-state index contributed by atoms with van der Waals surface area (Å²) < 4.78 is 17.6. The first-order valence-corrected chi connectivity index (χ1v) is 11.0. The largest absolute Gasteiger partial charge is 0.494 e. The number of amides is 2. The van der Waals surface area contributed by atoms with E-state index in [1.807, 2.05) is 31.2 Å². The summed E-state index contributed by atoms with van der Waals surface area (Å²) >= 11 is 1.39. The molecule has 2 aliphatic heterocycles. The average molecular weight is 439 g/mol. The Kier molecular flexibility index (Phi) is 5.11. The summed E-state index contributed by atoms with van der Waals surface area (Å²) in [5.74, 6) is 1.30. The number of carbonyl (C=O) groups is 2. The fourth-order valence-electron chi connectivity index (χ4n) is 3.75. The van der Waals surface area contributed by atoms with Crippen LogP contribution in [0, 0.1) is 5.92 Å². The van der Waals surface area contributed by atoms with Crippen LogP contribution < -0.4 is 24.4 Å². The Morgan fingerprint density at radius 3 is 2.90 bits per heavy atom. The van der Waals surface area contributed by atoms with Crippen molar-refractivity contribution in [2.45, 2.75) is 13.3 Å². The van der Waals surface area contributed by atoms with E-state index in [9.17, 15) is 9.59 Å². The average Bonchev–Trinajstić information content (AvgIpc) is 3.36. The zero-order chi connectivity index (χ0) is 21.4. The maximum atomic E-state index is 12.8. The molecule has 160 valence electrons. The molecule has 5 rings (SSSR count). The number of ether oxygens (including phenoxy) is 3. The van der Waals surface area contributed by atoms with Crippen molar-refractivity contribution >= 4 is 44.2 Å². The van der Waals surface area contributed by atoms with Crippen LogP contribution in [0.25, 0.3) is 10.2 Å². The van der Waals surface area contributed by atoms with Crippen molar-refractivity contribution in [3.8, 4) is 17.2 Å². The molecule has 0 bridgehead atoms. The van der Waals surface area contributed by atoms with Gasteiger partial charge in [-0.05, 0) is 37.3 Å². The number of nitrogens with one attached hydrogen (secondary N) is 1. The lowest BCUT2D eigenvalue weighted by Crippen LogP contribution is -2.28. The lowest BCUT2D eigenvalue weighted by atomic mass is 10.1. The molecule has 0 spiro atoms. The Balaban J connectivity index is 1.28. The molecule has 1 N–H and O–H groups in total. The molecule has 3 heterocycles. The van der Waals surface area contributed by atoms with Crippen LogP contribution in [0.2, 0.25) is 0 Å². The molecular weight excluding hydrogens is 418 g/mol. The lowest BCUT2D eigenvalue weighted by Gasteiger charge is -2.22. The van der Waals surface area contributed by atoms with E-state index in [2.05, 4.69) is 10.3 Å². The van der Waals surface area contributed by atoms with Crippen molar-refractivity contribution < 1.29 is 23.8 Å². The molecule has 31 heavy (non-hydrogen) atoms. The van der Waals surface area contributed by atoms with Gasteiger partial charge < -0.3 is 24.4 Å². The maximum Gasteiger partial charge on any atom is 0.231 e. The highest BCUT2D eigenvalue weighted by Crippen LogP contribution is 2.36. The van der Waals surface area contributed by atoms with Crippen molar-refractivity contribution in [3.63, 3.8) is 0 Å². The molecule has 1 fully saturated rings. The first-order chi connectivity index (χ1) is 15.1. The van der Waals surface area contributed by atoms with Crippen LogP contribution in [0.3, 0.4) is 0 Å². The number of benzene rings is 2. The minimum Gasteiger partial charge on any atom is -0.494 e. The first-order valence-electron chi connectivity index (χ1n) is 10.1. The van der Waals surface area contributed by atoms with Gasteiger partial charge in [0.1, 0.15) is 19.0 Å². The fourth-order valence-corrected chi connectivity index (χ4v) is 4.65. The number of hydrogen-bond donors (Lipinski definition) is 1. The van der Waals surface area contributed by atoms with Gasteiger partial charge in [0.05, 0.1) is 22.7 Å². The van der Waals surface area contributed by atoms with E-state index in [0.29, 0.717) is 48.7 Å². The molecule has 1 aromatic heterocycles. The summed E-state index contributed by atoms with van der Waals surface area (Å²) in [6, 6.07) is 11.0. The van der Waals surface area contributed by atoms with Gasteiger partial charge in [-0.15, -0.1) is 0 Å². The molecule has 0 saturated carbocycles. The minimum atomic E-state index is -0.452. The van der Waals surface area contributed by atoms with Gasteiger partial charge >= 0.3 is 0 Å². The summed E-state index contributed by atoms with van der Waals surface area (Å²) in [6.45, 7) is 3.81. The monoisotopic (exact) mass is 439 g/mol. The summed E-state index contributed by atoms with van der Waals surface area (Å²) in [5, 5.41) is 3.38. The van der Waals surface area contributed by atoms with Gasteiger partial charge in [0, 0.05) is 24.7 Å². The molecule has 2 amide bonds. The third kappa shape index (κ3) is 3.88. The summed E-state index contributed by atoms with van der Waals surface area (Å²) in [5.41, 5.74) is 1.50. The smallest absolute Gasteiger partial charge is 0.231 e. The Labute approximate surface area is 182 Å². The zero-order valence-electron chi connectivity index (χ0n) is 16.9. The van der Waals surface area contributed by atoms with Gasteiger partial charge in [-0.2, -0.15) is 0 Å². The molecule has 0 aliphatic carbocycles. The fraction of sp³-hybridized carbons (Fsp3) is 0.318. The van der Waals surface area contributed by atoms with Crippen LogP contribution in [0.5, 0.6) is 17.2 Å². The third-order valence-corrected chi connectivity index (χ3v) is 6.17. The molecule has 2 aromatic carbocycles. The molecule has 0 radical (unpaired) electrons. The van der Waals surface area contributed by atoms with Gasteiger partial charge in [-0.3, -0.25) is 9.59 Å². The molecule has 0 unspecified atom stereocenters. The second kappa shape index (κ2) is 8.07. The first kappa shape index (κ1) is 19.6. The Hall–Kier alpha value is -3.33. The molecule has 1 atom stereocenters. The van der Waals surface area contributed by atoms with E-state index in [1.165, 1.54) is 11.3 Å². The highest BCUT2D eigenvalue weighted by molar-refractivity contribution is 7.22. The molecule has 2 aliphatic rings. The van der Waals surface area contributed by atoms with Gasteiger partial charge in [0.25, 0.3) is 0 Å². The summed E-state index contributed by atoms with van der Waals surface area (Å²) in [4.78, 5) is 31.5. The number of aromatic nitrogens is 1. The van der Waals surface area contributed by atoms with Crippen LogP contribution >= 0.6 is 11.3 Å². The maximum absolute atomic E-state index is 12.8. The Morgan fingerprint density at radius 2 is 2.06 bits per heavy atom. The number of anilines is 2. The zero-order valence-corrected chi connectivity index (χ0v) is 17.7. The third-order valence-electron chi connectivity index (χ3n) is 5.23. The number of fused-ring (bicyclic) bond motifs is 2. The van der Waals surface area contributed by atoms with E-state index < -0.39 is 5.92 Å². The van der Waals surface area contributed by atoms with E-state index in [1.54, 1.807) is 17.0 Å². The van der Waals surface area contributed by atoms with Crippen molar-refractivity contribution in [1.82, 2.24) is 4.98 Å². The normalized spacial score (nSPS) is 17.8. The van der Waals surface area contributed by atoms with Crippen molar-refractivity contribution in [3.05, 3.63) is 36.4 Å². The molecule has 8 nitrogen and oxygen atoms in total. The predicted molar refractivity (Wildman–Crippen MR) is 117 cm³/mol. The summed E-state index contributed by atoms with van der Waals surface area (Å²) in [6.07, 6.45) is 0.152. The van der Waals surface area contributed by atoms with Crippen LogP contribution in [0.15, 0.2) is 36.4 Å². The van der Waals surface area contributed by atoms with Crippen molar-refractivity contribution in [2.24, 2.45) is 5.92 Å². The number of thiazole rings is 1. The van der Waals surface area contributed by atoms with Gasteiger partial charge in [-0.25, -0.2) is 4.98 Å². The summed E-state index contributed by atoms with van der Waals surface area (Å²) in [7, 11) is 0. The van der Waals surface area contributed by atoms with Crippen molar-refractivity contribution in [2.75, 3.05) is 36.6 Å². The number of carbonyl (C=O) groups excluding carboxylic acids is 2. The Bertz CT molecular complexity index is 1160. The highest BCUT2D eigenvalue weighted by Gasteiger charge is 2.36. The van der Waals surface area contributed by atoms with Gasteiger partial charge in [-0.1, -0.05) is 11.3 Å². The van der Waals surface area contributed by atoms with E-state index >= 15 is 0 Å². The number of rotatable bonds is 5. The molecular formula is C22H21N3O5S. The lowest BCUT2D eigenvalue weighted by molar-refractivity contribution is -0.122. The van der Waals surface area contributed by atoms with E-state index in [-0.39, 0.29) is 18.2 Å².